The molecule has 148 valence electrons. The zero-order valence-corrected chi connectivity index (χ0v) is 16.8. The van der Waals surface area contributed by atoms with E-state index in [1.54, 1.807) is 13.2 Å². The lowest BCUT2D eigenvalue weighted by Gasteiger charge is -2.16. The molecule has 2 aromatic heterocycles. The van der Waals surface area contributed by atoms with E-state index in [4.69, 9.17) is 4.74 Å². The number of H-pyrrole nitrogens is 1. The first-order valence-corrected chi connectivity index (χ1v) is 9.52. The number of hydrogen-bond acceptors (Lipinski definition) is 4. The molecule has 4 aromatic rings. The Balaban J connectivity index is 1.54. The van der Waals surface area contributed by atoms with Crippen molar-refractivity contribution < 1.29 is 4.74 Å². The second-order valence-electron chi connectivity index (χ2n) is 7.34. The lowest BCUT2D eigenvalue weighted by Crippen LogP contribution is -2.21. The molecule has 6 nitrogen and oxygen atoms in total. The summed E-state index contributed by atoms with van der Waals surface area (Å²) in [5.41, 5.74) is 5.54. The fourth-order valence-corrected chi connectivity index (χ4v) is 3.38. The Morgan fingerprint density at radius 2 is 1.76 bits per heavy atom. The highest BCUT2D eigenvalue weighted by Crippen LogP contribution is 2.19. The molecule has 2 heterocycles. The van der Waals surface area contributed by atoms with Crippen molar-refractivity contribution >= 4 is 5.65 Å². The van der Waals surface area contributed by atoms with Crippen molar-refractivity contribution in [2.75, 3.05) is 14.2 Å². The zero-order chi connectivity index (χ0) is 20.4. The predicted molar refractivity (Wildman–Crippen MR) is 114 cm³/mol. The Kier molecular flexibility index (Phi) is 5.18. The van der Waals surface area contributed by atoms with Crippen molar-refractivity contribution in [3.8, 4) is 17.0 Å². The van der Waals surface area contributed by atoms with Crippen LogP contribution in [-0.4, -0.2) is 33.7 Å². The van der Waals surface area contributed by atoms with Crippen LogP contribution < -0.4 is 10.3 Å². The summed E-state index contributed by atoms with van der Waals surface area (Å²) in [5.74, 6) is 0.841. The molecule has 0 saturated carbocycles. The van der Waals surface area contributed by atoms with Gasteiger partial charge >= 0.3 is 0 Å². The van der Waals surface area contributed by atoms with Crippen LogP contribution in [0.15, 0.2) is 65.5 Å². The van der Waals surface area contributed by atoms with E-state index in [0.717, 1.165) is 29.2 Å². The maximum absolute atomic E-state index is 12.6. The summed E-state index contributed by atoms with van der Waals surface area (Å²) in [6.45, 7) is 3.39. The van der Waals surface area contributed by atoms with Crippen molar-refractivity contribution in [3.05, 3.63) is 87.8 Å². The van der Waals surface area contributed by atoms with Crippen LogP contribution in [0.1, 0.15) is 16.8 Å². The normalized spacial score (nSPS) is 11.3. The topological polar surface area (TPSA) is 62.6 Å². The van der Waals surface area contributed by atoms with Gasteiger partial charge in [0.15, 0.2) is 5.65 Å². The second-order valence-corrected chi connectivity index (χ2v) is 7.34. The van der Waals surface area contributed by atoms with Gasteiger partial charge in [-0.25, -0.2) is 9.50 Å². The molecule has 4 rings (SSSR count). The molecule has 1 N–H and O–H groups in total. The van der Waals surface area contributed by atoms with Gasteiger partial charge in [0, 0.05) is 25.2 Å². The number of ether oxygens (including phenoxy) is 1. The highest BCUT2D eigenvalue weighted by atomic mass is 16.5. The van der Waals surface area contributed by atoms with E-state index in [9.17, 15) is 4.79 Å². The quantitative estimate of drug-likeness (QED) is 0.548. The molecule has 0 atom stereocenters. The van der Waals surface area contributed by atoms with Crippen LogP contribution in [-0.2, 0) is 13.1 Å². The Morgan fingerprint density at radius 1 is 1.03 bits per heavy atom. The third-order valence-corrected chi connectivity index (χ3v) is 4.91. The number of nitrogens with one attached hydrogen (secondary N) is 1. The molecule has 0 aliphatic heterocycles. The van der Waals surface area contributed by atoms with Gasteiger partial charge in [0.05, 0.1) is 18.5 Å². The van der Waals surface area contributed by atoms with Crippen LogP contribution in [0.25, 0.3) is 16.9 Å². The summed E-state index contributed by atoms with van der Waals surface area (Å²) in [5, 5.41) is 3.15. The van der Waals surface area contributed by atoms with Crippen LogP contribution >= 0.6 is 0 Å². The summed E-state index contributed by atoms with van der Waals surface area (Å²) in [4.78, 5) is 19.4. The standard InChI is InChI=1S/C23H24N4O2/c1-16-4-8-18(9-5-16)21-13-22-24-19(12-23(28)27(22)25-21)15-26(2)14-17-6-10-20(29-3)11-7-17/h4-13,25H,14-15H2,1-3H3. The molecule has 6 heteroatoms. The number of fused-ring (bicyclic) bond motifs is 1. The summed E-state index contributed by atoms with van der Waals surface area (Å²) >= 11 is 0. The maximum atomic E-state index is 12.6. The van der Waals surface area contributed by atoms with Gasteiger partial charge in [0.2, 0.25) is 0 Å². The molecule has 0 unspecified atom stereocenters. The smallest absolute Gasteiger partial charge is 0.272 e. The van der Waals surface area contributed by atoms with Gasteiger partial charge < -0.3 is 4.74 Å². The minimum Gasteiger partial charge on any atom is -0.497 e. The lowest BCUT2D eigenvalue weighted by molar-refractivity contribution is 0.315. The fourth-order valence-electron chi connectivity index (χ4n) is 3.38. The minimum atomic E-state index is -0.110. The van der Waals surface area contributed by atoms with Gasteiger partial charge in [-0.1, -0.05) is 42.0 Å². The number of benzene rings is 2. The largest absolute Gasteiger partial charge is 0.497 e. The van der Waals surface area contributed by atoms with Gasteiger partial charge in [0.1, 0.15) is 5.75 Å². The number of hydrogen-bond donors (Lipinski definition) is 1. The number of aromatic amines is 1. The molecule has 0 spiro atoms. The summed E-state index contributed by atoms with van der Waals surface area (Å²) in [6.07, 6.45) is 0. The van der Waals surface area contributed by atoms with Crippen LogP contribution in [0.4, 0.5) is 0 Å². The van der Waals surface area contributed by atoms with E-state index >= 15 is 0 Å². The van der Waals surface area contributed by atoms with Gasteiger partial charge in [-0.05, 0) is 37.2 Å². The van der Waals surface area contributed by atoms with Gasteiger partial charge in [-0.2, -0.15) is 0 Å². The second kappa shape index (κ2) is 7.93. The SMILES string of the molecule is COc1ccc(CN(C)Cc2cc(=O)n3[nH]c(-c4ccc(C)cc4)cc3n2)cc1. The van der Waals surface area contributed by atoms with E-state index in [2.05, 4.69) is 34.0 Å². The Labute approximate surface area is 169 Å². The van der Waals surface area contributed by atoms with Crippen LogP contribution in [0.5, 0.6) is 5.75 Å². The van der Waals surface area contributed by atoms with Crippen molar-refractivity contribution in [1.29, 1.82) is 0 Å². The van der Waals surface area contributed by atoms with Crippen molar-refractivity contribution in [3.63, 3.8) is 0 Å². The first-order valence-electron chi connectivity index (χ1n) is 9.52. The van der Waals surface area contributed by atoms with Crippen LogP contribution in [0.2, 0.25) is 0 Å². The molecule has 0 saturated heterocycles. The third kappa shape index (κ3) is 4.22. The summed E-state index contributed by atoms with van der Waals surface area (Å²) < 4.78 is 6.69. The molecule has 0 aliphatic carbocycles. The molecular formula is C23H24N4O2. The maximum Gasteiger partial charge on any atom is 0.272 e. The average molecular weight is 388 g/mol. The molecule has 2 aromatic carbocycles. The predicted octanol–water partition coefficient (Wildman–Crippen LogP) is 3.64. The van der Waals surface area contributed by atoms with Crippen molar-refractivity contribution in [1.82, 2.24) is 19.5 Å². The van der Waals surface area contributed by atoms with E-state index in [-0.39, 0.29) is 5.56 Å². The van der Waals surface area contributed by atoms with E-state index in [1.165, 1.54) is 15.6 Å². The number of aromatic nitrogens is 3. The Morgan fingerprint density at radius 3 is 2.45 bits per heavy atom. The zero-order valence-electron chi connectivity index (χ0n) is 16.8. The Hall–Kier alpha value is -3.38. The van der Waals surface area contributed by atoms with Gasteiger partial charge in [-0.3, -0.25) is 14.8 Å². The average Bonchev–Trinajstić information content (AvgIpc) is 3.14. The third-order valence-electron chi connectivity index (χ3n) is 4.91. The summed E-state index contributed by atoms with van der Waals surface area (Å²) in [7, 11) is 3.68. The van der Waals surface area contributed by atoms with Gasteiger partial charge in [0.25, 0.3) is 5.56 Å². The minimum absolute atomic E-state index is 0.110. The highest BCUT2D eigenvalue weighted by molar-refractivity contribution is 5.64. The monoisotopic (exact) mass is 388 g/mol. The van der Waals surface area contributed by atoms with E-state index in [1.807, 2.05) is 49.5 Å². The number of methoxy groups -OCH3 is 1. The molecule has 0 bridgehead atoms. The van der Waals surface area contributed by atoms with Crippen molar-refractivity contribution in [2.24, 2.45) is 0 Å². The molecule has 0 radical (unpaired) electrons. The van der Waals surface area contributed by atoms with Crippen molar-refractivity contribution in [2.45, 2.75) is 20.0 Å². The lowest BCUT2D eigenvalue weighted by atomic mass is 10.1. The summed E-state index contributed by atoms with van der Waals surface area (Å²) in [6, 6.07) is 19.7. The molecule has 0 aliphatic rings. The van der Waals surface area contributed by atoms with E-state index in [0.29, 0.717) is 12.2 Å². The number of nitrogens with zero attached hydrogens (tertiary/aromatic N) is 3. The molecule has 0 fully saturated rings. The fraction of sp³-hybridized carbons (Fsp3) is 0.217. The Bertz CT molecular complexity index is 1170. The first-order chi connectivity index (χ1) is 14.0. The molecule has 0 amide bonds. The van der Waals surface area contributed by atoms with E-state index < -0.39 is 0 Å². The number of rotatable bonds is 6. The highest BCUT2D eigenvalue weighted by Gasteiger charge is 2.10. The molecular weight excluding hydrogens is 364 g/mol. The van der Waals surface area contributed by atoms with Gasteiger partial charge in [-0.15, -0.1) is 0 Å². The van der Waals surface area contributed by atoms with Crippen LogP contribution in [0.3, 0.4) is 0 Å². The number of aryl methyl sites for hydroxylation is 1. The first kappa shape index (κ1) is 19.0. The van der Waals surface area contributed by atoms with Crippen LogP contribution in [0, 0.1) is 6.92 Å². The molecule has 29 heavy (non-hydrogen) atoms.